The van der Waals surface area contributed by atoms with Crippen molar-refractivity contribution in [2.75, 3.05) is 11.4 Å². The number of carbonyl (C=O) groups is 2. The number of carbonyl (C=O) groups excluding carboxylic acids is 2. The van der Waals surface area contributed by atoms with Crippen molar-refractivity contribution in [2.45, 2.75) is 32.3 Å². The zero-order valence-electron chi connectivity index (χ0n) is 15.7. The van der Waals surface area contributed by atoms with Crippen molar-refractivity contribution in [1.29, 1.82) is 0 Å². The monoisotopic (exact) mass is 375 g/mol. The van der Waals surface area contributed by atoms with E-state index in [0.29, 0.717) is 29.6 Å². The number of aromatic nitrogens is 2. The Bertz CT molecular complexity index is 1030. The number of ether oxygens (including phenoxy) is 1. The van der Waals surface area contributed by atoms with Gasteiger partial charge in [-0.3, -0.25) is 14.8 Å². The first-order valence-corrected chi connectivity index (χ1v) is 9.49. The Morgan fingerprint density at radius 1 is 1.11 bits per heavy atom. The lowest BCUT2D eigenvalue weighted by molar-refractivity contribution is -0.127. The van der Waals surface area contributed by atoms with Crippen LogP contribution in [-0.4, -0.2) is 34.5 Å². The first-order valence-electron chi connectivity index (χ1n) is 9.49. The van der Waals surface area contributed by atoms with Gasteiger partial charge in [-0.15, -0.1) is 0 Å². The van der Waals surface area contributed by atoms with E-state index < -0.39 is 12.1 Å². The second-order valence-electron chi connectivity index (χ2n) is 6.75. The molecular formula is C22H21N3O3. The van der Waals surface area contributed by atoms with E-state index >= 15 is 0 Å². The van der Waals surface area contributed by atoms with Crippen LogP contribution in [0.2, 0.25) is 0 Å². The molecule has 1 aromatic heterocycles. The van der Waals surface area contributed by atoms with Gasteiger partial charge in [-0.25, -0.2) is 4.79 Å². The zero-order chi connectivity index (χ0) is 19.5. The molecule has 0 bridgehead atoms. The molecule has 1 unspecified atom stereocenters. The van der Waals surface area contributed by atoms with Crippen LogP contribution in [0, 0.1) is 0 Å². The van der Waals surface area contributed by atoms with Gasteiger partial charge in [0.15, 0.2) is 6.10 Å². The third-order valence-corrected chi connectivity index (χ3v) is 4.99. The van der Waals surface area contributed by atoms with Crippen LogP contribution >= 0.6 is 0 Å². The highest BCUT2D eigenvalue weighted by atomic mass is 16.5. The zero-order valence-corrected chi connectivity index (χ0v) is 15.7. The topological polar surface area (TPSA) is 72.4 Å². The van der Waals surface area contributed by atoms with Gasteiger partial charge in [-0.1, -0.05) is 31.2 Å². The van der Waals surface area contributed by atoms with E-state index in [1.54, 1.807) is 29.3 Å². The van der Waals surface area contributed by atoms with Gasteiger partial charge in [0.1, 0.15) is 5.52 Å². The molecule has 28 heavy (non-hydrogen) atoms. The number of anilines is 1. The van der Waals surface area contributed by atoms with Gasteiger partial charge in [-0.05, 0) is 43.0 Å². The highest BCUT2D eigenvalue weighted by Crippen LogP contribution is 2.28. The van der Waals surface area contributed by atoms with E-state index in [1.807, 2.05) is 31.2 Å². The molecule has 2 aromatic carbocycles. The second kappa shape index (κ2) is 7.76. The third kappa shape index (κ3) is 3.33. The molecule has 142 valence electrons. The number of aryl methyl sites for hydroxylation is 1. The van der Waals surface area contributed by atoms with Crippen molar-refractivity contribution in [3.05, 3.63) is 66.0 Å². The van der Waals surface area contributed by atoms with Gasteiger partial charge in [-0.2, -0.15) is 0 Å². The molecule has 0 saturated heterocycles. The van der Waals surface area contributed by atoms with Crippen molar-refractivity contribution in [3.8, 4) is 0 Å². The Balaban J connectivity index is 1.58. The number of benzene rings is 2. The van der Waals surface area contributed by atoms with Gasteiger partial charge in [0, 0.05) is 24.6 Å². The maximum Gasteiger partial charge on any atom is 0.341 e. The fraction of sp³-hybridized carbons (Fsp3) is 0.273. The lowest BCUT2D eigenvalue weighted by atomic mass is 10.0. The van der Waals surface area contributed by atoms with E-state index in [0.717, 1.165) is 24.1 Å². The van der Waals surface area contributed by atoms with E-state index in [1.165, 1.54) is 6.20 Å². The predicted octanol–water partition coefficient (Wildman–Crippen LogP) is 3.54. The van der Waals surface area contributed by atoms with Crippen LogP contribution in [0.3, 0.4) is 0 Å². The van der Waals surface area contributed by atoms with Crippen LogP contribution in [-0.2, 0) is 16.0 Å². The van der Waals surface area contributed by atoms with Crippen LogP contribution in [0.1, 0.15) is 35.7 Å². The SMILES string of the molecule is CCC(OC(=O)c1cccc2nccnc12)C(=O)N1CCCc2ccccc21. The summed E-state index contributed by atoms with van der Waals surface area (Å²) in [5, 5.41) is 0. The Kier molecular flexibility index (Phi) is 5.02. The molecule has 1 atom stereocenters. The van der Waals surface area contributed by atoms with Gasteiger partial charge in [0.2, 0.25) is 0 Å². The van der Waals surface area contributed by atoms with Crippen molar-refractivity contribution < 1.29 is 14.3 Å². The molecule has 6 nitrogen and oxygen atoms in total. The Morgan fingerprint density at radius 3 is 2.79 bits per heavy atom. The number of para-hydroxylation sites is 2. The predicted molar refractivity (Wildman–Crippen MR) is 106 cm³/mol. The average Bonchev–Trinajstić information content (AvgIpc) is 2.76. The Labute approximate surface area is 163 Å². The molecule has 2 heterocycles. The summed E-state index contributed by atoms with van der Waals surface area (Å²) >= 11 is 0. The van der Waals surface area contributed by atoms with E-state index in [-0.39, 0.29) is 5.91 Å². The van der Waals surface area contributed by atoms with E-state index in [9.17, 15) is 9.59 Å². The quantitative estimate of drug-likeness (QED) is 0.652. The standard InChI is InChI=1S/C22H21N3O3/c1-2-19(21(26)25-14-6-8-15-7-3-4-11-18(15)25)28-22(27)16-9-5-10-17-20(16)24-13-12-23-17/h3-5,7,9-13,19H,2,6,8,14H2,1H3. The molecule has 1 aliphatic rings. The van der Waals surface area contributed by atoms with Gasteiger partial charge >= 0.3 is 5.97 Å². The van der Waals surface area contributed by atoms with Crippen LogP contribution in [0.4, 0.5) is 5.69 Å². The smallest absolute Gasteiger partial charge is 0.341 e. The summed E-state index contributed by atoms with van der Waals surface area (Å²) in [6.45, 7) is 2.47. The van der Waals surface area contributed by atoms with Crippen LogP contribution in [0.15, 0.2) is 54.9 Å². The van der Waals surface area contributed by atoms with Crippen molar-refractivity contribution in [1.82, 2.24) is 9.97 Å². The minimum absolute atomic E-state index is 0.186. The average molecular weight is 375 g/mol. The van der Waals surface area contributed by atoms with E-state index in [4.69, 9.17) is 4.74 Å². The summed E-state index contributed by atoms with van der Waals surface area (Å²) < 4.78 is 5.63. The lowest BCUT2D eigenvalue weighted by Crippen LogP contribution is -2.43. The summed E-state index contributed by atoms with van der Waals surface area (Å²) in [5.74, 6) is -0.745. The first-order chi connectivity index (χ1) is 13.7. The minimum Gasteiger partial charge on any atom is -0.449 e. The number of amides is 1. The molecule has 4 rings (SSSR count). The molecule has 0 spiro atoms. The second-order valence-corrected chi connectivity index (χ2v) is 6.75. The Hall–Kier alpha value is -3.28. The van der Waals surface area contributed by atoms with Crippen molar-refractivity contribution in [2.24, 2.45) is 0 Å². The molecule has 0 saturated carbocycles. The number of hydrogen-bond acceptors (Lipinski definition) is 5. The van der Waals surface area contributed by atoms with Crippen LogP contribution < -0.4 is 4.90 Å². The molecule has 6 heteroatoms. The maximum atomic E-state index is 13.1. The van der Waals surface area contributed by atoms with Gasteiger partial charge in [0.05, 0.1) is 11.1 Å². The molecule has 0 aliphatic carbocycles. The number of fused-ring (bicyclic) bond motifs is 2. The maximum absolute atomic E-state index is 13.1. The first kappa shape index (κ1) is 18.1. The van der Waals surface area contributed by atoms with Crippen molar-refractivity contribution >= 4 is 28.6 Å². The molecule has 0 N–H and O–H groups in total. The molecular weight excluding hydrogens is 354 g/mol. The minimum atomic E-state index is -0.842. The lowest BCUT2D eigenvalue weighted by Gasteiger charge is -2.31. The van der Waals surface area contributed by atoms with Gasteiger partial charge in [0.25, 0.3) is 5.91 Å². The summed E-state index contributed by atoms with van der Waals surface area (Å²) in [6, 6.07) is 13.0. The number of rotatable bonds is 4. The number of nitrogens with zero attached hydrogens (tertiary/aromatic N) is 3. The third-order valence-electron chi connectivity index (χ3n) is 4.99. The number of hydrogen-bond donors (Lipinski definition) is 0. The Morgan fingerprint density at radius 2 is 1.93 bits per heavy atom. The van der Waals surface area contributed by atoms with Gasteiger partial charge < -0.3 is 9.64 Å². The fourth-order valence-corrected chi connectivity index (χ4v) is 3.59. The highest BCUT2D eigenvalue weighted by molar-refractivity contribution is 6.04. The van der Waals surface area contributed by atoms with Crippen LogP contribution in [0.5, 0.6) is 0 Å². The van der Waals surface area contributed by atoms with Crippen molar-refractivity contribution in [3.63, 3.8) is 0 Å². The van der Waals surface area contributed by atoms with E-state index in [2.05, 4.69) is 9.97 Å². The summed E-state index contributed by atoms with van der Waals surface area (Å²) in [7, 11) is 0. The normalized spacial score (nSPS) is 14.4. The summed E-state index contributed by atoms with van der Waals surface area (Å²) in [6.07, 6.45) is 4.51. The molecule has 0 radical (unpaired) electrons. The molecule has 3 aromatic rings. The molecule has 0 fully saturated rings. The molecule has 1 aliphatic heterocycles. The summed E-state index contributed by atoms with van der Waals surface area (Å²) in [4.78, 5) is 36.1. The molecule has 1 amide bonds. The summed E-state index contributed by atoms with van der Waals surface area (Å²) in [5.41, 5.74) is 3.45. The largest absolute Gasteiger partial charge is 0.449 e. The van der Waals surface area contributed by atoms with Crippen LogP contribution in [0.25, 0.3) is 11.0 Å². The fourth-order valence-electron chi connectivity index (χ4n) is 3.59. The number of esters is 1. The highest BCUT2D eigenvalue weighted by Gasteiger charge is 2.30.